The molecule has 1 N–H and O–H groups in total. The van der Waals surface area contributed by atoms with Crippen LogP contribution in [0.4, 0.5) is 25.1 Å². The lowest BCUT2D eigenvalue weighted by atomic mass is 10.0. The lowest BCUT2D eigenvalue weighted by Crippen LogP contribution is -2.51. The van der Waals surface area contributed by atoms with Crippen molar-refractivity contribution < 1.29 is 31.5 Å². The smallest absolute Gasteiger partial charge is 0.430 e. The standard InChI is InChI=1S/C26H29ClF2N4O5S2/c1-26(2,3)38-25(34)33(24-14-39-15-31-24)40(35,36)23-8-19(27)22(9-21(23)29)30-10-18-16(6-5-7-20(18)28)11-32-12-17(13-32)37-4/h5-9,14-15,17,30H,10-13H2,1-4H3. The highest BCUT2D eigenvalue weighted by Crippen LogP contribution is 2.33. The van der Waals surface area contributed by atoms with E-state index in [9.17, 15) is 17.6 Å². The molecule has 1 aliphatic rings. The molecule has 216 valence electrons. The molecule has 0 spiro atoms. The second kappa shape index (κ2) is 12.0. The van der Waals surface area contributed by atoms with Gasteiger partial charge in [-0.3, -0.25) is 4.90 Å². The van der Waals surface area contributed by atoms with Crippen molar-refractivity contribution in [2.75, 3.05) is 29.8 Å². The van der Waals surface area contributed by atoms with Gasteiger partial charge in [0.25, 0.3) is 10.0 Å². The number of carbonyl (C=O) groups excluding carboxylic acids is 1. The monoisotopic (exact) mass is 614 g/mol. The number of likely N-dealkylation sites (tertiary alicyclic amines) is 1. The Hall–Kier alpha value is -2.84. The van der Waals surface area contributed by atoms with Crippen molar-refractivity contribution in [1.29, 1.82) is 0 Å². The van der Waals surface area contributed by atoms with Gasteiger partial charge in [0.2, 0.25) is 0 Å². The predicted octanol–water partition coefficient (Wildman–Crippen LogP) is 5.65. The summed E-state index contributed by atoms with van der Waals surface area (Å²) in [5.74, 6) is -1.86. The third-order valence-electron chi connectivity index (χ3n) is 6.05. The Morgan fingerprint density at radius 2 is 1.98 bits per heavy atom. The van der Waals surface area contributed by atoms with E-state index in [1.54, 1.807) is 33.9 Å². The van der Waals surface area contributed by atoms with E-state index >= 15 is 4.39 Å². The lowest BCUT2D eigenvalue weighted by molar-refractivity contribution is -0.0335. The largest absolute Gasteiger partial charge is 0.443 e. The number of nitrogens with one attached hydrogen (secondary N) is 1. The summed E-state index contributed by atoms with van der Waals surface area (Å²) in [6.07, 6.45) is -1.10. The first-order chi connectivity index (χ1) is 18.8. The van der Waals surface area contributed by atoms with E-state index in [2.05, 4.69) is 15.2 Å². The van der Waals surface area contributed by atoms with Crippen LogP contribution in [0.25, 0.3) is 0 Å². The van der Waals surface area contributed by atoms with E-state index in [-0.39, 0.29) is 29.2 Å². The van der Waals surface area contributed by atoms with E-state index in [4.69, 9.17) is 21.1 Å². The van der Waals surface area contributed by atoms with Gasteiger partial charge in [-0.2, -0.15) is 0 Å². The molecule has 0 unspecified atom stereocenters. The van der Waals surface area contributed by atoms with Gasteiger partial charge in [0.1, 0.15) is 22.1 Å². The minimum atomic E-state index is -4.82. The Kier molecular flexibility index (Phi) is 9.00. The average molecular weight is 615 g/mol. The molecular formula is C26H29ClF2N4O5S2. The van der Waals surface area contributed by atoms with Crippen LogP contribution < -0.4 is 9.62 Å². The number of halogens is 3. The van der Waals surface area contributed by atoms with Crippen LogP contribution in [0.1, 0.15) is 31.9 Å². The number of methoxy groups -OCH3 is 1. The Morgan fingerprint density at radius 3 is 2.60 bits per heavy atom. The molecule has 2 aromatic carbocycles. The summed E-state index contributed by atoms with van der Waals surface area (Å²) in [7, 11) is -3.18. The zero-order chi connectivity index (χ0) is 29.2. The molecule has 3 aromatic rings. The lowest BCUT2D eigenvalue weighted by Gasteiger charge is -2.38. The molecule has 1 fully saturated rings. The topological polar surface area (TPSA) is 101 Å². The SMILES string of the molecule is COC1CN(Cc2cccc(F)c2CNc2cc(F)c(S(=O)(=O)N(C(=O)OC(C)(C)C)c3cscn3)cc2Cl)C1. The second-order valence-electron chi connectivity index (χ2n) is 10.1. The van der Waals surface area contributed by atoms with E-state index in [0.29, 0.717) is 16.4 Å². The highest BCUT2D eigenvalue weighted by molar-refractivity contribution is 7.93. The molecule has 0 atom stereocenters. The summed E-state index contributed by atoms with van der Waals surface area (Å²) in [6, 6.07) is 6.54. The number of ether oxygens (including phenoxy) is 2. The number of rotatable bonds is 9. The predicted molar refractivity (Wildman–Crippen MR) is 149 cm³/mol. The zero-order valence-corrected chi connectivity index (χ0v) is 24.7. The molecular weight excluding hydrogens is 586 g/mol. The molecule has 0 bridgehead atoms. The maximum atomic E-state index is 15.3. The summed E-state index contributed by atoms with van der Waals surface area (Å²) in [6.45, 7) is 6.63. The Bertz CT molecular complexity index is 1480. The van der Waals surface area contributed by atoms with Gasteiger partial charge in [0.15, 0.2) is 5.82 Å². The number of sulfonamides is 1. The van der Waals surface area contributed by atoms with Crippen molar-refractivity contribution >= 4 is 50.6 Å². The first kappa shape index (κ1) is 30.1. The molecule has 9 nitrogen and oxygen atoms in total. The molecule has 4 rings (SSSR count). The van der Waals surface area contributed by atoms with Gasteiger partial charge in [-0.15, -0.1) is 15.6 Å². The number of hydrogen-bond acceptors (Lipinski definition) is 9. The van der Waals surface area contributed by atoms with E-state index in [1.807, 2.05) is 6.07 Å². The Morgan fingerprint density at radius 1 is 1.25 bits per heavy atom. The number of thiazole rings is 1. The van der Waals surface area contributed by atoms with Crippen LogP contribution >= 0.6 is 22.9 Å². The third-order valence-corrected chi connectivity index (χ3v) is 8.62. The fraction of sp³-hybridized carbons (Fsp3) is 0.385. The highest BCUT2D eigenvalue weighted by Gasteiger charge is 2.38. The molecule has 1 aromatic heterocycles. The van der Waals surface area contributed by atoms with Crippen molar-refractivity contribution in [2.24, 2.45) is 0 Å². The number of hydrogen-bond donors (Lipinski definition) is 1. The summed E-state index contributed by atoms with van der Waals surface area (Å²) in [5, 5.41) is 4.07. The summed E-state index contributed by atoms with van der Waals surface area (Å²) in [4.78, 5) is 18.0. The number of carbonyl (C=O) groups is 1. The van der Waals surface area contributed by atoms with Crippen molar-refractivity contribution in [3.8, 4) is 0 Å². The molecule has 14 heteroatoms. The minimum Gasteiger partial charge on any atom is -0.443 e. The molecule has 1 amide bonds. The Balaban J connectivity index is 1.58. The molecule has 40 heavy (non-hydrogen) atoms. The molecule has 2 heterocycles. The second-order valence-corrected chi connectivity index (χ2v) is 13.0. The van der Waals surface area contributed by atoms with Crippen molar-refractivity contribution in [3.05, 3.63) is 69.0 Å². The number of anilines is 2. The quantitative estimate of drug-likeness (QED) is 0.330. The molecule has 1 aliphatic heterocycles. The maximum absolute atomic E-state index is 15.3. The van der Waals surface area contributed by atoms with E-state index < -0.39 is 38.2 Å². The minimum absolute atomic E-state index is 0.0301. The molecule has 0 saturated carbocycles. The van der Waals surface area contributed by atoms with Crippen LogP contribution in [0.5, 0.6) is 0 Å². The van der Waals surface area contributed by atoms with Crippen LogP contribution in [0, 0.1) is 11.6 Å². The average Bonchev–Trinajstić information content (AvgIpc) is 3.34. The summed E-state index contributed by atoms with van der Waals surface area (Å²) in [5.41, 5.74) is 1.46. The number of benzene rings is 2. The van der Waals surface area contributed by atoms with Crippen molar-refractivity contribution in [2.45, 2.75) is 50.5 Å². The summed E-state index contributed by atoms with van der Waals surface area (Å²) >= 11 is 7.41. The highest BCUT2D eigenvalue weighted by atomic mass is 35.5. The Labute approximate surface area is 240 Å². The van der Waals surface area contributed by atoms with E-state index in [0.717, 1.165) is 42.1 Å². The van der Waals surface area contributed by atoms with Gasteiger partial charge in [-0.1, -0.05) is 23.7 Å². The van der Waals surface area contributed by atoms with Crippen molar-refractivity contribution in [3.63, 3.8) is 0 Å². The molecule has 0 aliphatic carbocycles. The van der Waals surface area contributed by atoms with Gasteiger partial charge in [0.05, 0.1) is 22.3 Å². The van der Waals surface area contributed by atoms with Gasteiger partial charge in [-0.05, 0) is 44.5 Å². The molecule has 1 saturated heterocycles. The van der Waals surface area contributed by atoms with E-state index in [1.165, 1.54) is 17.0 Å². The van der Waals surface area contributed by atoms with Gasteiger partial charge < -0.3 is 14.8 Å². The van der Waals surface area contributed by atoms with Gasteiger partial charge in [0, 0.05) is 44.2 Å². The zero-order valence-electron chi connectivity index (χ0n) is 22.3. The fourth-order valence-electron chi connectivity index (χ4n) is 4.06. The first-order valence-corrected chi connectivity index (χ1v) is 15.0. The number of amides is 1. The molecule has 0 radical (unpaired) electrons. The number of nitrogens with zero attached hydrogens (tertiary/aromatic N) is 3. The van der Waals surface area contributed by atoms with Crippen LogP contribution in [0.15, 0.2) is 46.1 Å². The van der Waals surface area contributed by atoms with Crippen LogP contribution in [-0.2, 0) is 32.6 Å². The van der Waals surface area contributed by atoms with Crippen LogP contribution in [0.2, 0.25) is 5.02 Å². The van der Waals surface area contributed by atoms with Gasteiger partial charge >= 0.3 is 6.09 Å². The number of aromatic nitrogens is 1. The summed E-state index contributed by atoms with van der Waals surface area (Å²) < 4.78 is 67.9. The van der Waals surface area contributed by atoms with Crippen LogP contribution in [0.3, 0.4) is 0 Å². The van der Waals surface area contributed by atoms with Gasteiger partial charge in [-0.25, -0.2) is 27.0 Å². The van der Waals surface area contributed by atoms with Crippen molar-refractivity contribution in [1.82, 2.24) is 9.88 Å². The normalized spacial score (nSPS) is 14.6. The third kappa shape index (κ3) is 6.72. The fourth-order valence-corrected chi connectivity index (χ4v) is 6.29. The van der Waals surface area contributed by atoms with Crippen LogP contribution in [-0.4, -0.2) is 56.3 Å². The first-order valence-electron chi connectivity index (χ1n) is 12.2. The maximum Gasteiger partial charge on any atom is 0.430 e.